The molecule has 0 fully saturated rings. The topological polar surface area (TPSA) is 16.4 Å². The highest BCUT2D eigenvalue weighted by Gasteiger charge is 2.53. The van der Waals surface area contributed by atoms with Crippen molar-refractivity contribution in [3.05, 3.63) is 295 Å². The SMILES string of the molecule is c1ccc(-c2ccc(N(c3ccccc3)c3ccc(-c4c5c(cc6c4sc4c(-c7ccccc7)cccc46)C4(c6ccccc6-c6ccc(-c7cccc8c7oc7ccccc78)cc64)c4ccccc4-5)cc3)cc2)cc1. The summed E-state index contributed by atoms with van der Waals surface area (Å²) in [6, 6.07) is 101. The Labute approximate surface area is 444 Å². The van der Waals surface area contributed by atoms with Gasteiger partial charge in [-0.2, -0.15) is 0 Å². The zero-order chi connectivity index (χ0) is 49.9. The van der Waals surface area contributed by atoms with E-state index in [1.807, 2.05) is 11.3 Å². The molecule has 1 unspecified atom stereocenters. The lowest BCUT2D eigenvalue weighted by molar-refractivity contribution is 0.670. The van der Waals surface area contributed by atoms with Gasteiger partial charge in [0.1, 0.15) is 11.2 Å². The smallest absolute Gasteiger partial charge is 0.143 e. The van der Waals surface area contributed by atoms with Gasteiger partial charge in [0.25, 0.3) is 0 Å². The van der Waals surface area contributed by atoms with Crippen LogP contribution in [0.3, 0.4) is 0 Å². The number of furan rings is 1. The van der Waals surface area contributed by atoms with Crippen molar-refractivity contribution in [1.82, 2.24) is 0 Å². The Bertz CT molecular complexity index is 4610. The van der Waals surface area contributed by atoms with Crippen LogP contribution in [0.2, 0.25) is 0 Å². The van der Waals surface area contributed by atoms with Gasteiger partial charge in [0.15, 0.2) is 0 Å². The van der Waals surface area contributed by atoms with E-state index in [1.165, 1.54) is 98.1 Å². The largest absolute Gasteiger partial charge is 0.455 e. The van der Waals surface area contributed by atoms with Gasteiger partial charge in [0.2, 0.25) is 0 Å². The molecular weight excluding hydrogens is 939 g/mol. The molecular formula is C73H45NOS. The maximum absolute atomic E-state index is 6.73. The van der Waals surface area contributed by atoms with Crippen LogP contribution in [0, 0.1) is 0 Å². The molecule has 0 amide bonds. The van der Waals surface area contributed by atoms with Gasteiger partial charge in [0, 0.05) is 59.1 Å². The van der Waals surface area contributed by atoms with E-state index in [2.05, 4.69) is 278 Å². The lowest BCUT2D eigenvalue weighted by Gasteiger charge is -2.31. The Balaban J connectivity index is 0.956. The molecule has 14 aromatic rings. The molecule has 12 aromatic carbocycles. The Kier molecular flexibility index (Phi) is 9.45. The van der Waals surface area contributed by atoms with Crippen molar-refractivity contribution in [2.45, 2.75) is 5.41 Å². The van der Waals surface area contributed by atoms with Crippen LogP contribution in [-0.4, -0.2) is 0 Å². The van der Waals surface area contributed by atoms with Crippen molar-refractivity contribution in [1.29, 1.82) is 0 Å². The van der Waals surface area contributed by atoms with Crippen LogP contribution in [0.4, 0.5) is 17.1 Å². The molecule has 1 atom stereocenters. The molecule has 2 heterocycles. The zero-order valence-corrected chi connectivity index (χ0v) is 42.1. The Morgan fingerprint density at radius 1 is 0.289 bits per heavy atom. The normalized spacial score (nSPS) is 14.1. The highest BCUT2D eigenvalue weighted by atomic mass is 32.1. The van der Waals surface area contributed by atoms with E-state index in [0.717, 1.165) is 50.1 Å². The molecule has 3 heteroatoms. The van der Waals surface area contributed by atoms with Gasteiger partial charge in [-0.15, -0.1) is 11.3 Å². The standard InChI is InChI=1S/C73H45NOS/c1-4-18-46(19-5-1)47-34-39-52(40-35-47)74(51-22-8-3-9-23-51)53-41-36-49(37-42-53)68-69-61-26-11-14-32-64(61)73(66(69)45-62-60-30-17-28-55(71(60)76-72(62)68)48-20-6-2-7-21-48)63-31-13-10-24-56(63)57-43-38-50(44-65(57)73)54-27-16-29-59-58-25-12-15-33-67(58)75-70(54)59/h1-45H. The number of hydrogen-bond donors (Lipinski definition) is 0. The fraction of sp³-hybridized carbons (Fsp3) is 0.0137. The van der Waals surface area contributed by atoms with E-state index in [4.69, 9.17) is 4.42 Å². The number of benzene rings is 12. The van der Waals surface area contributed by atoms with Gasteiger partial charge in [-0.3, -0.25) is 0 Å². The summed E-state index contributed by atoms with van der Waals surface area (Å²) in [5, 5.41) is 4.82. The molecule has 2 aliphatic carbocycles. The van der Waals surface area contributed by atoms with Crippen molar-refractivity contribution in [2.75, 3.05) is 4.90 Å². The molecule has 354 valence electrons. The lowest BCUT2D eigenvalue weighted by Crippen LogP contribution is -2.26. The number of para-hydroxylation sites is 3. The summed E-state index contributed by atoms with van der Waals surface area (Å²) in [6.07, 6.45) is 0. The molecule has 0 saturated heterocycles. The third-order valence-electron chi connectivity index (χ3n) is 16.3. The minimum Gasteiger partial charge on any atom is -0.455 e. The summed E-state index contributed by atoms with van der Waals surface area (Å²) >= 11 is 1.93. The molecule has 0 bridgehead atoms. The van der Waals surface area contributed by atoms with Crippen LogP contribution in [0.25, 0.3) is 109 Å². The highest BCUT2D eigenvalue weighted by Crippen LogP contribution is 2.66. The number of nitrogens with zero attached hydrogens (tertiary/aromatic N) is 1. The van der Waals surface area contributed by atoms with Gasteiger partial charge >= 0.3 is 0 Å². The Morgan fingerprint density at radius 2 is 0.816 bits per heavy atom. The monoisotopic (exact) mass is 983 g/mol. The first-order valence-electron chi connectivity index (χ1n) is 26.1. The second-order valence-electron chi connectivity index (χ2n) is 20.2. The van der Waals surface area contributed by atoms with Crippen molar-refractivity contribution in [3.63, 3.8) is 0 Å². The van der Waals surface area contributed by atoms with E-state index >= 15 is 0 Å². The van der Waals surface area contributed by atoms with Gasteiger partial charge in [-0.25, -0.2) is 0 Å². The van der Waals surface area contributed by atoms with Crippen LogP contribution < -0.4 is 4.90 Å². The van der Waals surface area contributed by atoms with Crippen molar-refractivity contribution >= 4 is 70.5 Å². The summed E-state index contributed by atoms with van der Waals surface area (Å²) < 4.78 is 9.33. The first-order valence-corrected chi connectivity index (χ1v) is 27.0. The average Bonchev–Trinajstić information content (AvgIpc) is 4.40. The molecule has 2 aromatic heterocycles. The molecule has 76 heavy (non-hydrogen) atoms. The van der Waals surface area contributed by atoms with E-state index in [1.54, 1.807) is 0 Å². The number of fused-ring (bicyclic) bond motifs is 16. The molecule has 0 aliphatic heterocycles. The predicted molar refractivity (Wildman–Crippen MR) is 319 cm³/mol. The van der Waals surface area contributed by atoms with Crippen LogP contribution >= 0.6 is 11.3 Å². The third kappa shape index (κ3) is 6.21. The maximum Gasteiger partial charge on any atom is 0.143 e. The van der Waals surface area contributed by atoms with Gasteiger partial charge in [-0.1, -0.05) is 218 Å². The minimum atomic E-state index is -0.611. The highest BCUT2D eigenvalue weighted by molar-refractivity contribution is 7.27. The van der Waals surface area contributed by atoms with Crippen molar-refractivity contribution in [3.8, 4) is 66.8 Å². The lowest BCUT2D eigenvalue weighted by atomic mass is 9.70. The second kappa shape index (κ2) is 16.7. The first-order chi connectivity index (χ1) is 37.7. The van der Waals surface area contributed by atoms with E-state index in [0.29, 0.717) is 0 Å². The summed E-state index contributed by atoms with van der Waals surface area (Å²) in [6.45, 7) is 0. The van der Waals surface area contributed by atoms with Crippen LogP contribution in [-0.2, 0) is 5.41 Å². The number of thiophene rings is 1. The summed E-state index contributed by atoms with van der Waals surface area (Å²) in [7, 11) is 0. The number of anilines is 3. The van der Waals surface area contributed by atoms with Crippen LogP contribution in [0.1, 0.15) is 22.3 Å². The van der Waals surface area contributed by atoms with Crippen molar-refractivity contribution < 1.29 is 4.42 Å². The molecule has 2 aliphatic rings. The number of rotatable bonds is 7. The van der Waals surface area contributed by atoms with E-state index in [9.17, 15) is 0 Å². The summed E-state index contributed by atoms with van der Waals surface area (Å²) in [5.41, 5.74) is 24.5. The summed E-state index contributed by atoms with van der Waals surface area (Å²) in [4.78, 5) is 2.37. The quantitative estimate of drug-likeness (QED) is 0.158. The molecule has 0 radical (unpaired) electrons. The Hall–Kier alpha value is -9.54. The predicted octanol–water partition coefficient (Wildman–Crippen LogP) is 20.4. The average molecular weight is 984 g/mol. The number of hydrogen-bond acceptors (Lipinski definition) is 3. The molecule has 1 spiro atoms. The minimum absolute atomic E-state index is 0.611. The third-order valence-corrected chi connectivity index (χ3v) is 17.6. The molecule has 0 N–H and O–H groups in total. The van der Waals surface area contributed by atoms with E-state index < -0.39 is 5.41 Å². The van der Waals surface area contributed by atoms with Crippen molar-refractivity contribution in [2.24, 2.45) is 0 Å². The molecule has 16 rings (SSSR count). The van der Waals surface area contributed by atoms with Gasteiger partial charge in [0.05, 0.1) is 5.41 Å². The first kappa shape index (κ1) is 42.9. The summed E-state index contributed by atoms with van der Waals surface area (Å²) in [5.74, 6) is 0. The zero-order valence-electron chi connectivity index (χ0n) is 41.2. The maximum atomic E-state index is 6.73. The fourth-order valence-corrected chi connectivity index (χ4v) is 14.4. The fourth-order valence-electron chi connectivity index (χ4n) is 13.0. The molecule has 2 nitrogen and oxygen atoms in total. The Morgan fingerprint density at radius 3 is 1.57 bits per heavy atom. The molecule has 0 saturated carbocycles. The van der Waals surface area contributed by atoms with Crippen LogP contribution in [0.15, 0.2) is 277 Å². The van der Waals surface area contributed by atoms with E-state index in [-0.39, 0.29) is 0 Å². The van der Waals surface area contributed by atoms with Gasteiger partial charge < -0.3 is 9.32 Å². The van der Waals surface area contributed by atoms with Gasteiger partial charge in [-0.05, 0) is 132 Å². The van der Waals surface area contributed by atoms with Crippen LogP contribution in [0.5, 0.6) is 0 Å². The second-order valence-corrected chi connectivity index (χ2v) is 21.2.